The first kappa shape index (κ1) is 22.4. The van der Waals surface area contributed by atoms with E-state index in [4.69, 9.17) is 11.6 Å². The van der Waals surface area contributed by atoms with Crippen molar-refractivity contribution in [3.05, 3.63) is 0 Å². The normalized spacial score (nSPS) is 10.7. The molecule has 0 amide bonds. The van der Waals surface area contributed by atoms with Gasteiger partial charge in [0.25, 0.3) is 0 Å². The minimum Gasteiger partial charge on any atom is -0.381 e. The van der Waals surface area contributed by atoms with Gasteiger partial charge in [-0.2, -0.15) is 0 Å². The van der Waals surface area contributed by atoms with E-state index >= 15 is 0 Å². The molecule has 0 unspecified atom stereocenters. The van der Waals surface area contributed by atoms with Crippen LogP contribution in [-0.4, -0.2) is 11.4 Å². The molecule has 0 rings (SSSR count). The van der Waals surface area contributed by atoms with Crippen molar-refractivity contribution in [3.8, 4) is 0 Å². The van der Waals surface area contributed by atoms with Gasteiger partial charge in [-0.05, 0) is 6.42 Å². The number of hydrogen-bond donors (Lipinski definition) is 0. The van der Waals surface area contributed by atoms with Crippen molar-refractivity contribution in [2.24, 2.45) is 0 Å². The van der Waals surface area contributed by atoms with Crippen LogP contribution in [0.2, 0.25) is 0 Å². The maximum absolute atomic E-state index is 11.1. The summed E-state index contributed by atoms with van der Waals surface area (Å²) < 4.78 is 4.26. The van der Waals surface area contributed by atoms with E-state index in [1.165, 1.54) is 77.0 Å². The summed E-state index contributed by atoms with van der Waals surface area (Å²) in [7, 11) is 0. The van der Waals surface area contributed by atoms with E-state index in [1.807, 2.05) is 0 Å². The SMILES string of the molecule is CCCCCCCCCCCCCCCCCC(=O)OC(=O)Cl. The monoisotopic (exact) mass is 346 g/mol. The van der Waals surface area contributed by atoms with Gasteiger partial charge in [0.1, 0.15) is 0 Å². The third-order valence-electron chi connectivity index (χ3n) is 4.18. The van der Waals surface area contributed by atoms with Gasteiger partial charge in [0, 0.05) is 18.0 Å². The molecule has 0 heterocycles. The minimum absolute atomic E-state index is 0.288. The van der Waals surface area contributed by atoms with Crippen LogP contribution >= 0.6 is 11.6 Å². The lowest BCUT2D eigenvalue weighted by Gasteiger charge is -2.03. The van der Waals surface area contributed by atoms with Crippen molar-refractivity contribution < 1.29 is 14.3 Å². The average Bonchev–Trinajstić information content (AvgIpc) is 2.50. The van der Waals surface area contributed by atoms with Crippen LogP contribution in [0, 0.1) is 0 Å². The molecule has 0 bridgehead atoms. The van der Waals surface area contributed by atoms with Crippen molar-refractivity contribution >= 4 is 23.0 Å². The lowest BCUT2D eigenvalue weighted by Crippen LogP contribution is -2.05. The van der Waals surface area contributed by atoms with E-state index in [9.17, 15) is 9.59 Å². The molecule has 0 aromatic heterocycles. The Hall–Kier alpha value is -0.570. The van der Waals surface area contributed by atoms with Gasteiger partial charge < -0.3 is 4.74 Å². The van der Waals surface area contributed by atoms with Crippen molar-refractivity contribution in [1.82, 2.24) is 0 Å². The quantitative estimate of drug-likeness (QED) is 0.129. The zero-order valence-electron chi connectivity index (χ0n) is 14.9. The van der Waals surface area contributed by atoms with Crippen LogP contribution in [0.15, 0.2) is 0 Å². The Labute approximate surface area is 147 Å². The molecule has 0 saturated heterocycles. The average molecular weight is 347 g/mol. The maximum Gasteiger partial charge on any atom is 0.411 e. The number of ether oxygens (including phenoxy) is 1. The van der Waals surface area contributed by atoms with Crippen LogP contribution in [0.3, 0.4) is 0 Å². The van der Waals surface area contributed by atoms with Crippen LogP contribution in [0.25, 0.3) is 0 Å². The number of halogens is 1. The molecule has 0 aromatic carbocycles. The Kier molecular flexibility index (Phi) is 17.3. The number of unbranched alkanes of at least 4 members (excludes halogenated alkanes) is 14. The number of carbonyl (C=O) groups is 2. The van der Waals surface area contributed by atoms with Crippen LogP contribution in [0.4, 0.5) is 4.79 Å². The van der Waals surface area contributed by atoms with E-state index in [0.717, 1.165) is 19.3 Å². The van der Waals surface area contributed by atoms with Crippen molar-refractivity contribution in [2.75, 3.05) is 0 Å². The van der Waals surface area contributed by atoms with Gasteiger partial charge in [-0.3, -0.25) is 4.79 Å². The predicted molar refractivity (Wildman–Crippen MR) is 96.9 cm³/mol. The third kappa shape index (κ3) is 19.4. The first-order valence-corrected chi connectivity index (χ1v) is 9.94. The molecule has 0 N–H and O–H groups in total. The molecular formula is C19H35ClO3. The summed E-state index contributed by atoms with van der Waals surface area (Å²) in [6, 6.07) is 0. The highest BCUT2D eigenvalue weighted by Gasteiger charge is 2.06. The Bertz CT molecular complexity index is 292. The Morgan fingerprint density at radius 3 is 1.35 bits per heavy atom. The van der Waals surface area contributed by atoms with Gasteiger partial charge in [0.2, 0.25) is 0 Å². The Balaban J connectivity index is 3.08. The summed E-state index contributed by atoms with van der Waals surface area (Å²) in [5.41, 5.74) is -1.03. The number of hydrogen-bond acceptors (Lipinski definition) is 3. The predicted octanol–water partition coefficient (Wildman–Crippen LogP) is 7.15. The fourth-order valence-corrected chi connectivity index (χ4v) is 2.87. The molecule has 4 heteroatoms. The fraction of sp³-hybridized carbons (Fsp3) is 0.895. The molecule has 0 aromatic rings. The van der Waals surface area contributed by atoms with E-state index in [2.05, 4.69) is 11.7 Å². The van der Waals surface area contributed by atoms with Gasteiger partial charge in [-0.1, -0.05) is 96.8 Å². The lowest BCUT2D eigenvalue weighted by atomic mass is 10.0. The second-order valence-electron chi connectivity index (χ2n) is 6.41. The molecule has 136 valence electrons. The molecule has 23 heavy (non-hydrogen) atoms. The van der Waals surface area contributed by atoms with E-state index < -0.39 is 11.4 Å². The smallest absolute Gasteiger partial charge is 0.381 e. The largest absolute Gasteiger partial charge is 0.411 e. The highest BCUT2D eigenvalue weighted by atomic mass is 35.5. The van der Waals surface area contributed by atoms with Gasteiger partial charge in [0.05, 0.1) is 0 Å². The summed E-state index contributed by atoms with van der Waals surface area (Å²) in [6.07, 6.45) is 19.6. The van der Waals surface area contributed by atoms with Crippen LogP contribution in [0.1, 0.15) is 110 Å². The lowest BCUT2D eigenvalue weighted by molar-refractivity contribution is -0.136. The molecule has 0 atom stereocenters. The van der Waals surface area contributed by atoms with E-state index in [-0.39, 0.29) is 6.42 Å². The first-order valence-electron chi connectivity index (χ1n) is 9.57. The Morgan fingerprint density at radius 1 is 0.652 bits per heavy atom. The molecule has 0 spiro atoms. The van der Waals surface area contributed by atoms with Crippen molar-refractivity contribution in [3.63, 3.8) is 0 Å². The molecule has 0 aliphatic rings. The minimum atomic E-state index is -1.03. The standard InChI is InChI=1S/C19H35ClO3/c1-2-3-4-5-6-7-8-9-10-11-12-13-14-15-16-17-18(21)23-19(20)22/h2-17H2,1H3. The van der Waals surface area contributed by atoms with E-state index in [1.54, 1.807) is 0 Å². The summed E-state index contributed by atoms with van der Waals surface area (Å²) in [4.78, 5) is 21.4. The van der Waals surface area contributed by atoms with E-state index in [0.29, 0.717) is 0 Å². The van der Waals surface area contributed by atoms with Crippen molar-refractivity contribution in [2.45, 2.75) is 110 Å². The molecule has 0 fully saturated rings. The zero-order chi connectivity index (χ0) is 17.2. The summed E-state index contributed by atoms with van der Waals surface area (Å²) in [6.45, 7) is 2.26. The van der Waals surface area contributed by atoms with Gasteiger partial charge >= 0.3 is 11.4 Å². The number of esters is 1. The molecule has 0 saturated carbocycles. The molecule has 3 nitrogen and oxygen atoms in total. The molecule has 0 aliphatic carbocycles. The van der Waals surface area contributed by atoms with Gasteiger partial charge in [0.15, 0.2) is 0 Å². The second-order valence-corrected chi connectivity index (χ2v) is 6.72. The Morgan fingerprint density at radius 2 is 1.00 bits per heavy atom. The summed E-state index contributed by atoms with van der Waals surface area (Å²) >= 11 is 4.96. The third-order valence-corrected chi connectivity index (χ3v) is 4.26. The summed E-state index contributed by atoms with van der Waals surface area (Å²) in [5, 5.41) is 0. The fourth-order valence-electron chi connectivity index (χ4n) is 2.78. The van der Waals surface area contributed by atoms with Crippen LogP contribution < -0.4 is 0 Å². The highest BCUT2D eigenvalue weighted by molar-refractivity contribution is 6.61. The van der Waals surface area contributed by atoms with Crippen LogP contribution in [-0.2, 0) is 9.53 Å². The topological polar surface area (TPSA) is 43.4 Å². The molecule has 0 aliphatic heterocycles. The van der Waals surface area contributed by atoms with Crippen molar-refractivity contribution in [1.29, 1.82) is 0 Å². The van der Waals surface area contributed by atoms with Gasteiger partial charge in [-0.25, -0.2) is 4.79 Å². The number of carbonyl (C=O) groups excluding carboxylic acids is 2. The zero-order valence-corrected chi connectivity index (χ0v) is 15.7. The molecular weight excluding hydrogens is 312 g/mol. The second kappa shape index (κ2) is 17.8. The highest BCUT2D eigenvalue weighted by Crippen LogP contribution is 2.13. The molecule has 0 radical (unpaired) electrons. The van der Waals surface area contributed by atoms with Gasteiger partial charge in [-0.15, -0.1) is 0 Å². The number of rotatable bonds is 16. The first-order chi connectivity index (χ1) is 11.2. The van der Waals surface area contributed by atoms with Crippen LogP contribution in [0.5, 0.6) is 0 Å². The maximum atomic E-state index is 11.1. The summed E-state index contributed by atoms with van der Waals surface area (Å²) in [5.74, 6) is -0.514.